The number of nitrogens with one attached hydrogen (secondary N) is 2. The molecule has 1 aliphatic heterocycles. The van der Waals surface area contributed by atoms with E-state index in [0.717, 1.165) is 37.6 Å². The van der Waals surface area contributed by atoms with E-state index in [1.165, 1.54) is 32.4 Å². The standard InChI is InChI=1S/C26H39N7O/c1-21(28-13-16-32-14-7-4-8-15-32)33(18-17-31(2)3)20-22-11-12-25(29-19-22)26(34)30-24-10-6-5-9-23(24)27/h5-6,9-12,19,28H,1,4,7-8,13-18,20,27H2,2-3H3,(H,30,34). The first-order valence-corrected chi connectivity index (χ1v) is 12.1. The van der Waals surface area contributed by atoms with E-state index in [9.17, 15) is 4.79 Å². The normalized spacial score (nSPS) is 14.1. The van der Waals surface area contributed by atoms with Crippen LogP contribution < -0.4 is 16.4 Å². The zero-order valence-corrected chi connectivity index (χ0v) is 20.6. The Kier molecular flexibility index (Phi) is 9.73. The summed E-state index contributed by atoms with van der Waals surface area (Å²) in [5.74, 6) is 0.637. The van der Waals surface area contributed by atoms with E-state index < -0.39 is 0 Å². The third kappa shape index (κ3) is 8.04. The fraction of sp³-hybridized carbons (Fsp3) is 0.462. The van der Waals surface area contributed by atoms with E-state index in [2.05, 4.69) is 51.0 Å². The summed E-state index contributed by atoms with van der Waals surface area (Å²) in [5, 5.41) is 6.33. The van der Waals surface area contributed by atoms with Crippen molar-refractivity contribution in [3.8, 4) is 0 Å². The number of carbonyl (C=O) groups excluding carboxylic acids is 1. The van der Waals surface area contributed by atoms with Crippen LogP contribution >= 0.6 is 0 Å². The van der Waals surface area contributed by atoms with Gasteiger partial charge in [-0.25, -0.2) is 0 Å². The molecule has 0 radical (unpaired) electrons. The number of anilines is 2. The Morgan fingerprint density at radius 1 is 1.12 bits per heavy atom. The highest BCUT2D eigenvalue weighted by Crippen LogP contribution is 2.18. The van der Waals surface area contributed by atoms with Crippen LogP contribution in [-0.4, -0.2) is 79.0 Å². The molecular formula is C26H39N7O. The Morgan fingerprint density at radius 3 is 2.56 bits per heavy atom. The minimum absolute atomic E-state index is 0.280. The Hall–Kier alpha value is -3.10. The number of likely N-dealkylation sites (N-methyl/N-ethyl adjacent to an activating group) is 1. The highest BCUT2D eigenvalue weighted by molar-refractivity contribution is 6.04. The summed E-state index contributed by atoms with van der Waals surface area (Å²) >= 11 is 0. The summed E-state index contributed by atoms with van der Waals surface area (Å²) in [6.07, 6.45) is 5.71. The summed E-state index contributed by atoms with van der Waals surface area (Å²) in [6.45, 7) is 11.0. The van der Waals surface area contributed by atoms with Crippen molar-refractivity contribution in [2.75, 3.05) is 64.4 Å². The van der Waals surface area contributed by atoms with Gasteiger partial charge in [0.05, 0.1) is 17.2 Å². The number of hydrogen-bond acceptors (Lipinski definition) is 7. The quantitative estimate of drug-likeness (QED) is 0.415. The van der Waals surface area contributed by atoms with Gasteiger partial charge >= 0.3 is 0 Å². The average molecular weight is 466 g/mol. The predicted octanol–water partition coefficient (Wildman–Crippen LogP) is 2.83. The molecule has 0 saturated carbocycles. The molecule has 1 saturated heterocycles. The zero-order chi connectivity index (χ0) is 24.3. The lowest BCUT2D eigenvalue weighted by Crippen LogP contribution is -2.40. The molecule has 1 aromatic heterocycles. The predicted molar refractivity (Wildman–Crippen MR) is 139 cm³/mol. The number of carbonyl (C=O) groups is 1. The number of nitrogens with two attached hydrogens (primary N) is 1. The van der Waals surface area contributed by atoms with Gasteiger partial charge < -0.3 is 31.1 Å². The minimum Gasteiger partial charge on any atom is -0.397 e. The topological polar surface area (TPSA) is 89.8 Å². The molecule has 34 heavy (non-hydrogen) atoms. The van der Waals surface area contributed by atoms with E-state index in [1.54, 1.807) is 24.4 Å². The fourth-order valence-electron chi connectivity index (χ4n) is 3.95. The van der Waals surface area contributed by atoms with Crippen LogP contribution in [0.1, 0.15) is 35.3 Å². The van der Waals surface area contributed by atoms with Crippen LogP contribution in [0.3, 0.4) is 0 Å². The Morgan fingerprint density at radius 2 is 1.88 bits per heavy atom. The molecule has 0 unspecified atom stereocenters. The number of rotatable bonds is 12. The molecule has 8 nitrogen and oxygen atoms in total. The summed E-state index contributed by atoms with van der Waals surface area (Å²) in [4.78, 5) is 23.9. The van der Waals surface area contributed by atoms with Crippen LogP contribution in [0.2, 0.25) is 0 Å². The largest absolute Gasteiger partial charge is 0.397 e. The molecule has 8 heteroatoms. The molecule has 2 aromatic rings. The van der Waals surface area contributed by atoms with Gasteiger partial charge in [-0.3, -0.25) is 9.78 Å². The van der Waals surface area contributed by atoms with Crippen LogP contribution in [-0.2, 0) is 6.54 Å². The second-order valence-corrected chi connectivity index (χ2v) is 9.09. The van der Waals surface area contributed by atoms with Gasteiger partial charge in [0.15, 0.2) is 0 Å². The van der Waals surface area contributed by atoms with Crippen LogP contribution in [0.4, 0.5) is 11.4 Å². The van der Waals surface area contributed by atoms with Crippen LogP contribution in [0.25, 0.3) is 0 Å². The van der Waals surface area contributed by atoms with Gasteiger partial charge in [0.1, 0.15) is 5.69 Å². The average Bonchev–Trinajstić information content (AvgIpc) is 2.84. The third-order valence-electron chi connectivity index (χ3n) is 6.04. The van der Waals surface area contributed by atoms with E-state index in [1.807, 2.05) is 18.2 Å². The van der Waals surface area contributed by atoms with Crippen LogP contribution in [0.5, 0.6) is 0 Å². The number of pyridine rings is 1. The van der Waals surface area contributed by atoms with Crippen molar-refractivity contribution in [2.24, 2.45) is 0 Å². The van der Waals surface area contributed by atoms with Crippen molar-refractivity contribution in [3.63, 3.8) is 0 Å². The van der Waals surface area contributed by atoms with E-state index in [0.29, 0.717) is 23.6 Å². The highest BCUT2D eigenvalue weighted by atomic mass is 16.1. The van der Waals surface area contributed by atoms with Gasteiger partial charge in [0, 0.05) is 38.9 Å². The zero-order valence-electron chi connectivity index (χ0n) is 20.6. The Labute approximate surface area is 203 Å². The number of para-hydroxylation sites is 2. The number of benzene rings is 1. The maximum Gasteiger partial charge on any atom is 0.274 e. The van der Waals surface area contributed by atoms with E-state index in [-0.39, 0.29) is 5.91 Å². The monoisotopic (exact) mass is 465 g/mol. The molecular weight excluding hydrogens is 426 g/mol. The first-order chi connectivity index (χ1) is 16.4. The van der Waals surface area contributed by atoms with Gasteiger partial charge in [-0.05, 0) is 63.8 Å². The van der Waals surface area contributed by atoms with Crippen molar-refractivity contribution in [2.45, 2.75) is 25.8 Å². The second-order valence-electron chi connectivity index (χ2n) is 9.09. The van der Waals surface area contributed by atoms with Gasteiger partial charge in [-0.2, -0.15) is 0 Å². The molecule has 0 aliphatic carbocycles. The fourth-order valence-corrected chi connectivity index (χ4v) is 3.95. The van der Waals surface area contributed by atoms with Crippen LogP contribution in [0.15, 0.2) is 55.0 Å². The molecule has 1 aliphatic rings. The Balaban J connectivity index is 1.56. The smallest absolute Gasteiger partial charge is 0.274 e. The lowest BCUT2D eigenvalue weighted by molar-refractivity contribution is 0.102. The summed E-state index contributed by atoms with van der Waals surface area (Å²) in [6, 6.07) is 10.9. The van der Waals surface area contributed by atoms with Crippen molar-refractivity contribution >= 4 is 17.3 Å². The summed E-state index contributed by atoms with van der Waals surface area (Å²) in [7, 11) is 4.14. The van der Waals surface area contributed by atoms with Gasteiger partial charge in [0.25, 0.3) is 5.91 Å². The number of amides is 1. The molecule has 184 valence electrons. The van der Waals surface area contributed by atoms with Gasteiger partial charge in [-0.15, -0.1) is 0 Å². The first-order valence-electron chi connectivity index (χ1n) is 12.1. The SMILES string of the molecule is C=C(NCCN1CCCCC1)N(CCN(C)C)Cc1ccc(C(=O)Nc2ccccc2N)nc1. The molecule has 3 rings (SSSR count). The van der Waals surface area contributed by atoms with Gasteiger partial charge in [0.2, 0.25) is 0 Å². The number of nitrogens with zero attached hydrogens (tertiary/aromatic N) is 4. The summed E-state index contributed by atoms with van der Waals surface area (Å²) in [5.41, 5.74) is 8.40. The molecule has 2 heterocycles. The third-order valence-corrected chi connectivity index (χ3v) is 6.04. The molecule has 4 N–H and O–H groups in total. The first kappa shape index (κ1) is 25.5. The van der Waals surface area contributed by atoms with Crippen molar-refractivity contribution in [3.05, 3.63) is 66.3 Å². The number of aromatic nitrogens is 1. The molecule has 0 atom stereocenters. The lowest BCUT2D eigenvalue weighted by atomic mass is 10.1. The number of hydrogen-bond donors (Lipinski definition) is 3. The highest BCUT2D eigenvalue weighted by Gasteiger charge is 2.14. The van der Waals surface area contributed by atoms with Crippen molar-refractivity contribution in [1.29, 1.82) is 0 Å². The second kappa shape index (κ2) is 13.0. The summed E-state index contributed by atoms with van der Waals surface area (Å²) < 4.78 is 0. The number of likely N-dealkylation sites (tertiary alicyclic amines) is 1. The van der Waals surface area contributed by atoms with Gasteiger partial charge in [-0.1, -0.05) is 31.2 Å². The molecule has 0 spiro atoms. The Bertz CT molecular complexity index is 923. The molecule has 0 bridgehead atoms. The van der Waals surface area contributed by atoms with Crippen LogP contribution in [0, 0.1) is 0 Å². The molecule has 1 amide bonds. The number of piperidine rings is 1. The maximum atomic E-state index is 12.6. The minimum atomic E-state index is -0.280. The van der Waals surface area contributed by atoms with E-state index in [4.69, 9.17) is 5.73 Å². The number of nitrogen functional groups attached to an aromatic ring is 1. The molecule has 1 aromatic carbocycles. The van der Waals surface area contributed by atoms with Crippen molar-refractivity contribution < 1.29 is 4.79 Å². The molecule has 1 fully saturated rings. The van der Waals surface area contributed by atoms with Crippen molar-refractivity contribution in [1.82, 2.24) is 25.0 Å². The maximum absolute atomic E-state index is 12.6. The van der Waals surface area contributed by atoms with E-state index >= 15 is 0 Å². The lowest BCUT2D eigenvalue weighted by Gasteiger charge is -2.30.